The quantitative estimate of drug-likeness (QED) is 0.722. The summed E-state index contributed by atoms with van der Waals surface area (Å²) in [7, 11) is 0. The minimum atomic E-state index is -0.757. The fourth-order valence-electron chi connectivity index (χ4n) is 2.21. The molecule has 17 heavy (non-hydrogen) atoms. The first-order valence-corrected chi connectivity index (χ1v) is 5.94. The lowest BCUT2D eigenvalue weighted by Crippen LogP contribution is -2.65. The van der Waals surface area contributed by atoms with Crippen LogP contribution in [0.3, 0.4) is 0 Å². The molecule has 0 atom stereocenters. The van der Waals surface area contributed by atoms with Crippen LogP contribution in [0.2, 0.25) is 0 Å². The van der Waals surface area contributed by atoms with E-state index in [-0.39, 0.29) is 12.0 Å². The lowest BCUT2D eigenvalue weighted by molar-refractivity contribution is -0.138. The van der Waals surface area contributed by atoms with E-state index in [0.29, 0.717) is 13.1 Å². The van der Waals surface area contributed by atoms with Crippen LogP contribution in [0.25, 0.3) is 0 Å². The molecule has 1 heterocycles. The van der Waals surface area contributed by atoms with E-state index in [1.54, 1.807) is 0 Å². The molecule has 0 spiro atoms. The van der Waals surface area contributed by atoms with Gasteiger partial charge in [0.25, 0.3) is 0 Å². The molecule has 1 aliphatic rings. The molecule has 1 fully saturated rings. The summed E-state index contributed by atoms with van der Waals surface area (Å²) in [6, 6.07) is 8.07. The number of aryl methyl sites for hydroxylation is 1. The molecule has 0 saturated carbocycles. The Kier molecular flexibility index (Phi) is 3.33. The Morgan fingerprint density at radius 1 is 1.47 bits per heavy atom. The van der Waals surface area contributed by atoms with Crippen molar-refractivity contribution in [3.63, 3.8) is 0 Å². The van der Waals surface area contributed by atoms with Gasteiger partial charge in [-0.1, -0.05) is 25.1 Å². The molecule has 2 rings (SSSR count). The van der Waals surface area contributed by atoms with E-state index in [0.717, 1.165) is 12.1 Å². The second kappa shape index (κ2) is 4.75. The molecule has 92 valence electrons. The van der Waals surface area contributed by atoms with Gasteiger partial charge in [0.1, 0.15) is 0 Å². The number of carbonyl (C=O) groups is 1. The van der Waals surface area contributed by atoms with Crippen molar-refractivity contribution in [3.8, 4) is 0 Å². The van der Waals surface area contributed by atoms with Crippen LogP contribution in [0, 0.1) is 0 Å². The molecule has 1 aromatic carbocycles. The van der Waals surface area contributed by atoms with Gasteiger partial charge in [0.05, 0.1) is 12.0 Å². The fraction of sp³-hybridized carbons (Fsp3) is 0.462. The normalized spacial score (nSPS) is 17.2. The summed E-state index contributed by atoms with van der Waals surface area (Å²) in [5.74, 6) is -0.757. The molecule has 0 aliphatic carbocycles. The number of para-hydroxylation sites is 1. The molecule has 1 aromatic rings. The summed E-state index contributed by atoms with van der Waals surface area (Å²) in [6.07, 6.45) is 1.10. The highest BCUT2D eigenvalue weighted by atomic mass is 16.4. The molecule has 1 saturated heterocycles. The van der Waals surface area contributed by atoms with Gasteiger partial charge in [-0.15, -0.1) is 0 Å². The first-order valence-electron chi connectivity index (χ1n) is 5.94. The van der Waals surface area contributed by atoms with Crippen LogP contribution in [0.15, 0.2) is 24.3 Å². The Labute approximate surface area is 101 Å². The van der Waals surface area contributed by atoms with Crippen molar-refractivity contribution in [2.75, 3.05) is 18.4 Å². The number of hydrogen-bond acceptors (Lipinski definition) is 3. The number of aliphatic carboxylic acids is 1. The van der Waals surface area contributed by atoms with Crippen LogP contribution in [0.4, 0.5) is 5.69 Å². The Morgan fingerprint density at radius 2 is 2.18 bits per heavy atom. The Morgan fingerprint density at radius 3 is 2.71 bits per heavy atom. The molecule has 1 aliphatic heterocycles. The monoisotopic (exact) mass is 234 g/mol. The largest absolute Gasteiger partial charge is 0.481 e. The van der Waals surface area contributed by atoms with Gasteiger partial charge in [0.15, 0.2) is 0 Å². The van der Waals surface area contributed by atoms with Crippen LogP contribution in [0.5, 0.6) is 0 Å². The second-order valence-electron chi connectivity index (χ2n) is 4.59. The predicted octanol–water partition coefficient (Wildman–Crippen LogP) is 1.48. The number of benzene rings is 1. The summed E-state index contributed by atoms with van der Waals surface area (Å²) >= 11 is 0. The molecule has 0 aromatic heterocycles. The predicted molar refractivity (Wildman–Crippen MR) is 67.3 cm³/mol. The lowest BCUT2D eigenvalue weighted by Gasteiger charge is -2.43. The third-order valence-corrected chi connectivity index (χ3v) is 3.21. The number of carboxylic acid groups (broad SMARTS) is 1. The summed E-state index contributed by atoms with van der Waals surface area (Å²) in [5, 5.41) is 15.5. The van der Waals surface area contributed by atoms with Gasteiger partial charge in [0.2, 0.25) is 0 Å². The van der Waals surface area contributed by atoms with Crippen LogP contribution >= 0.6 is 0 Å². The number of rotatable bonds is 5. The highest BCUT2D eigenvalue weighted by molar-refractivity contribution is 5.70. The summed E-state index contributed by atoms with van der Waals surface area (Å²) in [6.45, 7) is 3.51. The topological polar surface area (TPSA) is 61.4 Å². The van der Waals surface area contributed by atoms with Gasteiger partial charge >= 0.3 is 5.97 Å². The average Bonchev–Trinajstić information content (AvgIpc) is 2.26. The zero-order chi connectivity index (χ0) is 12.3. The van der Waals surface area contributed by atoms with Gasteiger partial charge in [-0.25, -0.2) is 0 Å². The van der Waals surface area contributed by atoms with Crippen molar-refractivity contribution in [2.45, 2.75) is 25.3 Å². The minimum Gasteiger partial charge on any atom is -0.481 e. The van der Waals surface area contributed by atoms with Crippen molar-refractivity contribution >= 4 is 11.7 Å². The van der Waals surface area contributed by atoms with Crippen LogP contribution < -0.4 is 10.6 Å². The maximum absolute atomic E-state index is 10.9. The SMILES string of the molecule is CCc1ccccc1NC1(CC(=O)O)CNC1. The van der Waals surface area contributed by atoms with Crippen molar-refractivity contribution in [2.24, 2.45) is 0 Å². The molecule has 4 heteroatoms. The zero-order valence-corrected chi connectivity index (χ0v) is 9.99. The molecule has 0 radical (unpaired) electrons. The molecule has 4 nitrogen and oxygen atoms in total. The molecular weight excluding hydrogens is 216 g/mol. The molecule has 3 N–H and O–H groups in total. The maximum atomic E-state index is 10.9. The lowest BCUT2D eigenvalue weighted by atomic mass is 9.87. The van der Waals surface area contributed by atoms with Crippen molar-refractivity contribution < 1.29 is 9.90 Å². The molecular formula is C13H18N2O2. The first-order chi connectivity index (χ1) is 8.15. The smallest absolute Gasteiger partial charge is 0.305 e. The number of nitrogens with one attached hydrogen (secondary N) is 2. The average molecular weight is 234 g/mol. The number of anilines is 1. The minimum absolute atomic E-state index is 0.151. The van der Waals surface area contributed by atoms with Crippen LogP contribution in [-0.4, -0.2) is 29.7 Å². The zero-order valence-electron chi connectivity index (χ0n) is 9.99. The molecule has 0 bridgehead atoms. The second-order valence-corrected chi connectivity index (χ2v) is 4.59. The van der Waals surface area contributed by atoms with Gasteiger partial charge in [-0.05, 0) is 18.1 Å². The van der Waals surface area contributed by atoms with E-state index < -0.39 is 5.97 Å². The molecule has 0 amide bonds. The van der Waals surface area contributed by atoms with Gasteiger partial charge in [-0.2, -0.15) is 0 Å². The highest BCUT2D eigenvalue weighted by Crippen LogP contribution is 2.25. The standard InChI is InChI=1S/C13H18N2O2/c1-2-10-5-3-4-6-11(10)15-13(7-12(16)17)8-14-9-13/h3-6,14-15H,2,7-9H2,1H3,(H,16,17). The van der Waals surface area contributed by atoms with E-state index in [1.807, 2.05) is 18.2 Å². The van der Waals surface area contributed by atoms with Gasteiger partial charge in [-0.3, -0.25) is 4.79 Å². The summed E-state index contributed by atoms with van der Waals surface area (Å²) in [5.41, 5.74) is 1.96. The van der Waals surface area contributed by atoms with E-state index in [2.05, 4.69) is 23.6 Å². The summed E-state index contributed by atoms with van der Waals surface area (Å²) < 4.78 is 0. The molecule has 0 unspecified atom stereocenters. The van der Waals surface area contributed by atoms with E-state index in [9.17, 15) is 4.79 Å². The third kappa shape index (κ3) is 2.58. The Hall–Kier alpha value is -1.55. The Balaban J connectivity index is 2.15. The van der Waals surface area contributed by atoms with E-state index >= 15 is 0 Å². The summed E-state index contributed by atoms with van der Waals surface area (Å²) in [4.78, 5) is 10.9. The first kappa shape index (κ1) is 11.9. The van der Waals surface area contributed by atoms with Gasteiger partial charge in [0, 0.05) is 18.8 Å². The maximum Gasteiger partial charge on any atom is 0.305 e. The Bertz CT molecular complexity index is 414. The fourth-order valence-corrected chi connectivity index (χ4v) is 2.21. The van der Waals surface area contributed by atoms with Crippen LogP contribution in [0.1, 0.15) is 18.9 Å². The van der Waals surface area contributed by atoms with Crippen LogP contribution in [-0.2, 0) is 11.2 Å². The van der Waals surface area contributed by atoms with Crippen molar-refractivity contribution in [1.29, 1.82) is 0 Å². The van der Waals surface area contributed by atoms with Crippen molar-refractivity contribution in [3.05, 3.63) is 29.8 Å². The van der Waals surface area contributed by atoms with Crippen molar-refractivity contribution in [1.82, 2.24) is 5.32 Å². The van der Waals surface area contributed by atoms with E-state index in [1.165, 1.54) is 5.56 Å². The number of hydrogen-bond donors (Lipinski definition) is 3. The van der Waals surface area contributed by atoms with Gasteiger partial charge < -0.3 is 15.7 Å². The van der Waals surface area contributed by atoms with E-state index in [4.69, 9.17) is 5.11 Å². The number of carboxylic acids is 1. The highest BCUT2D eigenvalue weighted by Gasteiger charge is 2.39. The third-order valence-electron chi connectivity index (χ3n) is 3.21.